The van der Waals surface area contributed by atoms with Crippen molar-refractivity contribution in [2.24, 2.45) is 0 Å². The smallest absolute Gasteiger partial charge is 0.307 e. The minimum Gasteiger partial charge on any atom is -0.368 e. The van der Waals surface area contributed by atoms with Gasteiger partial charge in [-0.15, -0.1) is 0 Å². The summed E-state index contributed by atoms with van der Waals surface area (Å²) < 4.78 is 30.4. The van der Waals surface area contributed by atoms with E-state index in [1.807, 2.05) is 12.1 Å². The van der Waals surface area contributed by atoms with Crippen molar-refractivity contribution in [2.45, 2.75) is 6.54 Å². The Morgan fingerprint density at radius 1 is 1.03 bits per heavy atom. The molecule has 0 atom stereocenters. The fourth-order valence-corrected chi connectivity index (χ4v) is 4.63. The van der Waals surface area contributed by atoms with Gasteiger partial charge in [0, 0.05) is 43.9 Å². The predicted octanol–water partition coefficient (Wildman–Crippen LogP) is 3.96. The number of halogens is 3. The second kappa shape index (κ2) is 8.43. The lowest BCUT2D eigenvalue weighted by Crippen LogP contribution is -2.46. The summed E-state index contributed by atoms with van der Waals surface area (Å²) in [5.74, 6) is 0.165. The van der Waals surface area contributed by atoms with Gasteiger partial charge < -0.3 is 9.08 Å². The quantitative estimate of drug-likeness (QED) is 0.506. The molecule has 160 valence electrons. The van der Waals surface area contributed by atoms with Crippen LogP contribution < -0.4 is 9.08 Å². The highest BCUT2D eigenvalue weighted by molar-refractivity contribution is 7.86. The third-order valence-corrected chi connectivity index (χ3v) is 6.05. The highest BCUT2D eigenvalue weighted by Gasteiger charge is 2.24. The fourth-order valence-electron chi connectivity index (χ4n) is 3.48. The van der Waals surface area contributed by atoms with Gasteiger partial charge in [-0.05, 0) is 30.3 Å². The Hall–Kier alpha value is -1.71. The normalized spacial score (nSPS) is 15.7. The maximum absolute atomic E-state index is 11.8. The summed E-state index contributed by atoms with van der Waals surface area (Å²) in [7, 11) is -3.72. The van der Waals surface area contributed by atoms with Crippen molar-refractivity contribution in [3.63, 3.8) is 0 Å². The number of hydrogen-bond acceptors (Lipinski definition) is 6. The Labute approximate surface area is 189 Å². The molecular formula is C19H19Cl3N4O3S. The van der Waals surface area contributed by atoms with Crippen LogP contribution in [0.3, 0.4) is 0 Å². The first-order chi connectivity index (χ1) is 14.2. The average molecular weight is 490 g/mol. The molecule has 1 aliphatic rings. The van der Waals surface area contributed by atoms with Crippen LogP contribution in [0.2, 0.25) is 15.1 Å². The summed E-state index contributed by atoms with van der Waals surface area (Å²) in [5, 5.41) is 1.68. The van der Waals surface area contributed by atoms with Crippen LogP contribution in [0.1, 0.15) is 5.69 Å². The van der Waals surface area contributed by atoms with Crippen molar-refractivity contribution in [1.29, 1.82) is 0 Å². The van der Waals surface area contributed by atoms with Crippen molar-refractivity contribution in [1.82, 2.24) is 14.3 Å². The van der Waals surface area contributed by atoms with E-state index < -0.39 is 10.1 Å². The molecule has 0 radical (unpaired) electrons. The molecule has 0 amide bonds. The lowest BCUT2D eigenvalue weighted by atomic mass is 10.2. The van der Waals surface area contributed by atoms with Gasteiger partial charge in [0.1, 0.15) is 11.3 Å². The SMILES string of the molecule is CS(=O)(=O)Oc1c(CN2CCN(c3ccc(Cl)cc3Cl)CC2)nc2ccc(Cl)cn12. The van der Waals surface area contributed by atoms with E-state index in [1.165, 1.54) is 0 Å². The molecule has 1 aromatic carbocycles. The van der Waals surface area contributed by atoms with Crippen LogP contribution in [0.15, 0.2) is 36.5 Å². The van der Waals surface area contributed by atoms with Crippen LogP contribution in [0.4, 0.5) is 5.69 Å². The minimum absolute atomic E-state index is 0.165. The Kier molecular flexibility index (Phi) is 6.05. The first kappa shape index (κ1) is 21.5. The van der Waals surface area contributed by atoms with Crippen LogP contribution in [-0.2, 0) is 16.7 Å². The van der Waals surface area contributed by atoms with E-state index in [4.69, 9.17) is 39.0 Å². The molecule has 0 unspecified atom stereocenters. The molecule has 11 heteroatoms. The van der Waals surface area contributed by atoms with E-state index in [-0.39, 0.29) is 5.88 Å². The van der Waals surface area contributed by atoms with Crippen LogP contribution in [-0.4, -0.2) is 55.1 Å². The summed E-state index contributed by atoms with van der Waals surface area (Å²) in [6, 6.07) is 8.91. The first-order valence-electron chi connectivity index (χ1n) is 9.18. The number of imidazole rings is 1. The summed E-state index contributed by atoms with van der Waals surface area (Å²) in [4.78, 5) is 8.95. The molecule has 30 heavy (non-hydrogen) atoms. The number of piperazine rings is 1. The van der Waals surface area contributed by atoms with E-state index in [0.29, 0.717) is 33.0 Å². The molecule has 1 saturated heterocycles. The van der Waals surface area contributed by atoms with Gasteiger partial charge in [-0.1, -0.05) is 34.8 Å². The van der Waals surface area contributed by atoms with Gasteiger partial charge in [-0.2, -0.15) is 8.42 Å². The van der Waals surface area contributed by atoms with E-state index in [9.17, 15) is 8.42 Å². The lowest BCUT2D eigenvalue weighted by molar-refractivity contribution is 0.245. The van der Waals surface area contributed by atoms with E-state index in [0.717, 1.165) is 38.1 Å². The molecule has 0 aliphatic carbocycles. The molecule has 0 saturated carbocycles. The summed E-state index contributed by atoms with van der Waals surface area (Å²) in [5.41, 5.74) is 2.06. The van der Waals surface area contributed by atoms with Gasteiger partial charge in [0.2, 0.25) is 5.88 Å². The fraction of sp³-hybridized carbons (Fsp3) is 0.316. The zero-order chi connectivity index (χ0) is 21.5. The molecule has 1 aliphatic heterocycles. The highest BCUT2D eigenvalue weighted by Crippen LogP contribution is 2.30. The third-order valence-electron chi connectivity index (χ3n) is 4.83. The average Bonchev–Trinajstić information content (AvgIpc) is 2.98. The van der Waals surface area contributed by atoms with Gasteiger partial charge in [0.25, 0.3) is 0 Å². The molecule has 2 aromatic heterocycles. The molecule has 3 heterocycles. The Morgan fingerprint density at radius 2 is 1.73 bits per heavy atom. The molecule has 3 aromatic rings. The lowest BCUT2D eigenvalue weighted by Gasteiger charge is -2.36. The molecule has 4 rings (SSSR count). The Balaban J connectivity index is 1.53. The summed E-state index contributed by atoms with van der Waals surface area (Å²) >= 11 is 18.4. The second-order valence-electron chi connectivity index (χ2n) is 7.09. The largest absolute Gasteiger partial charge is 0.368 e. The van der Waals surface area contributed by atoms with Crippen molar-refractivity contribution in [2.75, 3.05) is 37.3 Å². The molecule has 0 N–H and O–H groups in total. The monoisotopic (exact) mass is 488 g/mol. The standard InChI is InChI=1S/C19H19Cl3N4O3S/c1-30(27,28)29-19-16(23-18-5-3-14(21)11-26(18)19)12-24-6-8-25(9-7-24)17-4-2-13(20)10-15(17)22/h2-5,10-11H,6-9,12H2,1H3. The van der Waals surface area contributed by atoms with Crippen molar-refractivity contribution >= 4 is 56.3 Å². The van der Waals surface area contributed by atoms with E-state index in [1.54, 1.807) is 28.8 Å². The molecule has 0 bridgehead atoms. The Bertz CT molecular complexity index is 1190. The number of anilines is 1. The molecule has 1 fully saturated rings. The predicted molar refractivity (Wildman–Crippen MR) is 120 cm³/mol. The Morgan fingerprint density at radius 3 is 2.40 bits per heavy atom. The number of nitrogens with zero attached hydrogens (tertiary/aromatic N) is 4. The van der Waals surface area contributed by atoms with Gasteiger partial charge in [0.15, 0.2) is 0 Å². The molecule has 7 nitrogen and oxygen atoms in total. The minimum atomic E-state index is -3.72. The number of rotatable bonds is 5. The third kappa shape index (κ3) is 4.78. The zero-order valence-electron chi connectivity index (χ0n) is 16.1. The number of hydrogen-bond donors (Lipinski definition) is 0. The number of benzene rings is 1. The maximum Gasteiger partial charge on any atom is 0.307 e. The number of pyridine rings is 1. The van der Waals surface area contributed by atoms with Crippen molar-refractivity contribution < 1.29 is 12.6 Å². The van der Waals surface area contributed by atoms with Crippen LogP contribution in [0, 0.1) is 0 Å². The second-order valence-corrected chi connectivity index (χ2v) is 9.94. The highest BCUT2D eigenvalue weighted by atomic mass is 35.5. The van der Waals surface area contributed by atoms with E-state index in [2.05, 4.69) is 14.8 Å². The summed E-state index contributed by atoms with van der Waals surface area (Å²) in [6.45, 7) is 3.50. The van der Waals surface area contributed by atoms with Gasteiger partial charge in [-0.3, -0.25) is 9.30 Å². The van der Waals surface area contributed by atoms with Crippen molar-refractivity contribution in [3.05, 3.63) is 57.3 Å². The van der Waals surface area contributed by atoms with E-state index >= 15 is 0 Å². The zero-order valence-corrected chi connectivity index (χ0v) is 19.1. The van der Waals surface area contributed by atoms with Crippen LogP contribution in [0.5, 0.6) is 5.88 Å². The maximum atomic E-state index is 11.8. The number of aromatic nitrogens is 2. The topological polar surface area (TPSA) is 67.2 Å². The summed E-state index contributed by atoms with van der Waals surface area (Å²) in [6.07, 6.45) is 2.60. The van der Waals surface area contributed by atoms with Gasteiger partial charge in [-0.25, -0.2) is 4.98 Å². The van der Waals surface area contributed by atoms with Crippen LogP contribution >= 0.6 is 34.8 Å². The molecule has 0 spiro atoms. The van der Waals surface area contributed by atoms with Crippen molar-refractivity contribution in [3.8, 4) is 5.88 Å². The first-order valence-corrected chi connectivity index (χ1v) is 12.1. The molecular weight excluding hydrogens is 471 g/mol. The van der Waals surface area contributed by atoms with Crippen LogP contribution in [0.25, 0.3) is 5.65 Å². The van der Waals surface area contributed by atoms with Gasteiger partial charge >= 0.3 is 10.1 Å². The number of fused-ring (bicyclic) bond motifs is 1. The van der Waals surface area contributed by atoms with Gasteiger partial charge in [0.05, 0.1) is 22.0 Å².